The molecule has 0 N–H and O–H groups in total. The molecule has 1 unspecified atom stereocenters. The molecule has 2 aliphatic rings. The van der Waals surface area contributed by atoms with Crippen molar-refractivity contribution < 1.29 is 0 Å². The first kappa shape index (κ1) is 18.7. The van der Waals surface area contributed by atoms with Crippen molar-refractivity contribution >= 4 is 34.4 Å². The van der Waals surface area contributed by atoms with E-state index in [1.54, 1.807) is 11.3 Å². The molecule has 2 aromatic carbocycles. The molecule has 6 rings (SSSR count). The van der Waals surface area contributed by atoms with Crippen molar-refractivity contribution in [3.05, 3.63) is 118 Å². The lowest BCUT2D eigenvalue weighted by Gasteiger charge is -2.30. The lowest BCUT2D eigenvalue weighted by molar-refractivity contribution is 0.593. The fourth-order valence-corrected chi connectivity index (χ4v) is 6.38. The molecule has 0 saturated heterocycles. The van der Waals surface area contributed by atoms with E-state index in [0.29, 0.717) is 0 Å². The van der Waals surface area contributed by atoms with E-state index < -0.39 is 0 Å². The third-order valence-corrected chi connectivity index (χ3v) is 7.97. The fourth-order valence-electron chi connectivity index (χ4n) is 4.53. The lowest BCUT2D eigenvalue weighted by atomic mass is 9.85. The van der Waals surface area contributed by atoms with Crippen molar-refractivity contribution in [2.75, 3.05) is 0 Å². The van der Waals surface area contributed by atoms with Crippen molar-refractivity contribution in [1.29, 1.82) is 0 Å². The molecule has 152 valence electrons. The zero-order valence-corrected chi connectivity index (χ0v) is 18.7. The van der Waals surface area contributed by atoms with Crippen molar-refractivity contribution in [2.45, 2.75) is 25.8 Å². The maximum atomic E-state index is 13.6. The lowest BCUT2D eigenvalue weighted by Crippen LogP contribution is -2.38. The van der Waals surface area contributed by atoms with Gasteiger partial charge in [0.05, 0.1) is 16.3 Å². The van der Waals surface area contributed by atoms with E-state index in [1.165, 1.54) is 38.5 Å². The summed E-state index contributed by atoms with van der Waals surface area (Å²) in [7, 11) is 0. The van der Waals surface area contributed by atoms with Crippen molar-refractivity contribution in [3.63, 3.8) is 0 Å². The van der Waals surface area contributed by atoms with E-state index in [4.69, 9.17) is 4.99 Å². The molecule has 0 spiro atoms. The Bertz CT molecular complexity index is 1500. The van der Waals surface area contributed by atoms with Gasteiger partial charge in [-0.2, -0.15) is 0 Å². The Morgan fingerprint density at radius 3 is 2.68 bits per heavy atom. The van der Waals surface area contributed by atoms with Gasteiger partial charge in [-0.05, 0) is 54.0 Å². The Balaban J connectivity index is 1.62. The molecule has 1 atom stereocenters. The number of thiazole rings is 1. The van der Waals surface area contributed by atoms with E-state index in [9.17, 15) is 4.79 Å². The summed E-state index contributed by atoms with van der Waals surface area (Å²) >= 11 is 3.20. The second-order valence-corrected chi connectivity index (χ2v) is 10.0. The summed E-state index contributed by atoms with van der Waals surface area (Å²) in [6.07, 6.45) is 3.91. The van der Waals surface area contributed by atoms with Crippen LogP contribution < -0.4 is 14.9 Å². The summed E-state index contributed by atoms with van der Waals surface area (Å²) in [6, 6.07) is 21.0. The molecule has 0 amide bonds. The number of benzene rings is 2. The third kappa shape index (κ3) is 3.08. The molecule has 0 bridgehead atoms. The highest BCUT2D eigenvalue weighted by atomic mass is 32.1. The summed E-state index contributed by atoms with van der Waals surface area (Å²) in [5, 5.41) is 2.09. The van der Waals surface area contributed by atoms with Gasteiger partial charge in [-0.3, -0.25) is 9.36 Å². The molecular weight excluding hydrogens is 420 g/mol. The topological polar surface area (TPSA) is 34.4 Å². The van der Waals surface area contributed by atoms with Gasteiger partial charge < -0.3 is 0 Å². The maximum Gasteiger partial charge on any atom is 0.271 e. The number of aryl methyl sites for hydroxylation is 2. The molecule has 0 saturated carbocycles. The minimum Gasteiger partial charge on any atom is -0.271 e. The van der Waals surface area contributed by atoms with Crippen LogP contribution in [0.1, 0.15) is 39.6 Å². The number of thiophene rings is 1. The highest BCUT2D eigenvalue weighted by Gasteiger charge is 2.32. The average molecular weight is 441 g/mol. The molecule has 0 radical (unpaired) electrons. The van der Waals surface area contributed by atoms with Gasteiger partial charge >= 0.3 is 0 Å². The fraction of sp³-hybridized carbons (Fsp3) is 0.154. The van der Waals surface area contributed by atoms with Gasteiger partial charge in [-0.25, -0.2) is 4.99 Å². The number of rotatable bonds is 2. The molecule has 1 aliphatic carbocycles. The Kier molecular flexibility index (Phi) is 4.40. The van der Waals surface area contributed by atoms with Crippen molar-refractivity contribution in [1.82, 2.24) is 4.57 Å². The van der Waals surface area contributed by atoms with Gasteiger partial charge in [0.2, 0.25) is 0 Å². The quantitative estimate of drug-likeness (QED) is 0.445. The normalized spacial score (nSPS) is 17.7. The second-order valence-electron chi connectivity index (χ2n) is 8.04. The van der Waals surface area contributed by atoms with Crippen molar-refractivity contribution in [3.8, 4) is 0 Å². The van der Waals surface area contributed by atoms with Crippen LogP contribution in [0.2, 0.25) is 0 Å². The van der Waals surface area contributed by atoms with Gasteiger partial charge in [0, 0.05) is 10.4 Å². The van der Waals surface area contributed by atoms with Gasteiger partial charge in [0.1, 0.15) is 0 Å². The van der Waals surface area contributed by atoms with Crippen LogP contribution >= 0.6 is 22.7 Å². The molecule has 3 nitrogen and oxygen atoms in total. The monoisotopic (exact) mass is 440 g/mol. The standard InChI is InChI=1S/C26H20N2OS2/c1-16-8-10-17(11-9-16)15-22-25(29)28-24(21-7-4-14-30-21)20-13-12-18-5-2-3-6-19(18)23(20)27-26(28)31-22/h2-11,14-15,24H,12-13H2,1H3. The Morgan fingerprint density at radius 1 is 1.03 bits per heavy atom. The molecule has 3 heterocycles. The number of allylic oxidation sites excluding steroid dienone is 1. The summed E-state index contributed by atoms with van der Waals surface area (Å²) in [4.78, 5) is 20.6. The first-order chi connectivity index (χ1) is 15.2. The highest BCUT2D eigenvalue weighted by Crippen LogP contribution is 2.42. The van der Waals surface area contributed by atoms with E-state index in [2.05, 4.69) is 73.0 Å². The maximum absolute atomic E-state index is 13.6. The smallest absolute Gasteiger partial charge is 0.271 e. The van der Waals surface area contributed by atoms with E-state index in [1.807, 2.05) is 10.6 Å². The Hall–Kier alpha value is -3.02. The minimum absolute atomic E-state index is 0.0492. The van der Waals surface area contributed by atoms with Crippen LogP contribution in [-0.2, 0) is 6.42 Å². The van der Waals surface area contributed by atoms with Gasteiger partial charge in [0.15, 0.2) is 4.80 Å². The number of hydrogen-bond donors (Lipinski definition) is 0. The van der Waals surface area contributed by atoms with Crippen LogP contribution in [0.4, 0.5) is 0 Å². The molecule has 2 aromatic heterocycles. The van der Waals surface area contributed by atoms with Crippen LogP contribution in [0, 0.1) is 6.92 Å². The number of hydrogen-bond acceptors (Lipinski definition) is 4. The molecule has 31 heavy (non-hydrogen) atoms. The first-order valence-corrected chi connectivity index (χ1v) is 12.1. The van der Waals surface area contributed by atoms with Gasteiger partial charge in [0.25, 0.3) is 5.56 Å². The summed E-state index contributed by atoms with van der Waals surface area (Å²) in [5.41, 5.74) is 7.17. The van der Waals surface area contributed by atoms with Gasteiger partial charge in [-0.15, -0.1) is 11.3 Å². The summed E-state index contributed by atoms with van der Waals surface area (Å²) in [5.74, 6) is 0. The Labute approximate surface area is 188 Å². The van der Waals surface area contributed by atoms with Crippen molar-refractivity contribution in [2.24, 2.45) is 4.99 Å². The van der Waals surface area contributed by atoms with Crippen LogP contribution in [0.5, 0.6) is 0 Å². The second kappa shape index (κ2) is 7.29. The minimum atomic E-state index is -0.0697. The van der Waals surface area contributed by atoms with Crippen LogP contribution in [-0.4, -0.2) is 4.57 Å². The van der Waals surface area contributed by atoms with E-state index in [0.717, 1.165) is 33.4 Å². The van der Waals surface area contributed by atoms with Gasteiger partial charge in [-0.1, -0.05) is 71.5 Å². The third-order valence-electron chi connectivity index (χ3n) is 6.06. The molecule has 1 aliphatic heterocycles. The number of nitrogens with zero attached hydrogens (tertiary/aromatic N) is 2. The van der Waals surface area contributed by atoms with E-state index in [-0.39, 0.29) is 11.6 Å². The SMILES string of the molecule is Cc1ccc(C=c2sc3n(c2=O)C(c2cccs2)C2=C(N=3)c3ccccc3CC2)cc1. The number of aromatic nitrogens is 1. The summed E-state index contributed by atoms with van der Waals surface area (Å²) in [6.45, 7) is 2.07. The Morgan fingerprint density at radius 2 is 1.87 bits per heavy atom. The largest absolute Gasteiger partial charge is 0.271 e. The molecule has 0 fully saturated rings. The predicted molar refractivity (Wildman–Crippen MR) is 128 cm³/mol. The molecular formula is C26H20N2OS2. The average Bonchev–Trinajstić information content (AvgIpc) is 3.43. The number of fused-ring (bicyclic) bond motifs is 3. The molecule has 4 aromatic rings. The zero-order valence-electron chi connectivity index (χ0n) is 17.0. The van der Waals surface area contributed by atoms with E-state index >= 15 is 0 Å². The van der Waals surface area contributed by atoms with Crippen LogP contribution in [0.3, 0.4) is 0 Å². The highest BCUT2D eigenvalue weighted by molar-refractivity contribution is 7.10. The molecule has 5 heteroatoms. The summed E-state index contributed by atoms with van der Waals surface area (Å²) < 4.78 is 2.65. The zero-order chi connectivity index (χ0) is 20.9. The predicted octanol–water partition coefficient (Wildman–Crippen LogP) is 4.69. The van der Waals surface area contributed by atoms with Crippen LogP contribution in [0.15, 0.2) is 81.4 Å². The first-order valence-electron chi connectivity index (χ1n) is 10.4. The van der Waals surface area contributed by atoms with Crippen LogP contribution in [0.25, 0.3) is 11.8 Å².